The highest BCUT2D eigenvalue weighted by molar-refractivity contribution is 5.81. The summed E-state index contributed by atoms with van der Waals surface area (Å²) >= 11 is 0. The molecule has 1 aliphatic carbocycles. The molecular weight excluding hydrogens is 264 g/mol. The lowest BCUT2D eigenvalue weighted by atomic mass is 10.1. The summed E-state index contributed by atoms with van der Waals surface area (Å²) in [6.45, 7) is 4.65. The topological polar surface area (TPSA) is 41.6 Å². The van der Waals surface area contributed by atoms with E-state index in [-0.39, 0.29) is 12.1 Å². The number of hydrogen-bond donors (Lipinski definition) is 1. The van der Waals surface area contributed by atoms with Gasteiger partial charge in [-0.2, -0.15) is 0 Å². The van der Waals surface area contributed by atoms with Crippen LogP contribution in [-0.4, -0.2) is 30.5 Å². The van der Waals surface area contributed by atoms with E-state index in [9.17, 15) is 4.79 Å². The number of methoxy groups -OCH3 is 1. The Morgan fingerprint density at radius 3 is 2.81 bits per heavy atom. The highest BCUT2D eigenvalue weighted by atomic mass is 16.5. The monoisotopic (exact) mass is 288 g/mol. The number of carbonyl (C=O) groups is 1. The molecule has 1 heterocycles. The van der Waals surface area contributed by atoms with E-state index in [2.05, 4.69) is 24.4 Å². The molecule has 0 spiro atoms. The van der Waals surface area contributed by atoms with E-state index in [0.29, 0.717) is 12.6 Å². The van der Waals surface area contributed by atoms with Crippen LogP contribution in [0.15, 0.2) is 18.2 Å². The standard InChI is InChI=1S/C17H24N2O2/c1-11-8-14(6-7-15(11)21-3)17-18-10-16(20)19(17)12(2)9-13-4-5-13/h6-8,12-13,17-18H,4-5,9-10H2,1-3H3. The summed E-state index contributed by atoms with van der Waals surface area (Å²) in [6.07, 6.45) is 3.77. The summed E-state index contributed by atoms with van der Waals surface area (Å²) in [5.74, 6) is 1.92. The zero-order valence-corrected chi connectivity index (χ0v) is 13.1. The maximum atomic E-state index is 12.2. The average Bonchev–Trinajstić information content (AvgIpc) is 3.18. The van der Waals surface area contributed by atoms with Crippen molar-refractivity contribution >= 4 is 5.91 Å². The highest BCUT2D eigenvalue weighted by Crippen LogP contribution is 2.37. The first-order valence-corrected chi connectivity index (χ1v) is 7.79. The van der Waals surface area contributed by atoms with Crippen molar-refractivity contribution in [3.05, 3.63) is 29.3 Å². The van der Waals surface area contributed by atoms with Crippen LogP contribution in [0.2, 0.25) is 0 Å². The van der Waals surface area contributed by atoms with Crippen molar-refractivity contribution in [2.24, 2.45) is 5.92 Å². The van der Waals surface area contributed by atoms with Gasteiger partial charge < -0.3 is 9.64 Å². The van der Waals surface area contributed by atoms with Crippen molar-refractivity contribution < 1.29 is 9.53 Å². The fraction of sp³-hybridized carbons (Fsp3) is 0.588. The van der Waals surface area contributed by atoms with E-state index in [1.165, 1.54) is 12.8 Å². The lowest BCUT2D eigenvalue weighted by Crippen LogP contribution is -2.38. The van der Waals surface area contributed by atoms with Gasteiger partial charge >= 0.3 is 0 Å². The SMILES string of the molecule is COc1ccc(C2NCC(=O)N2C(C)CC2CC2)cc1C. The minimum atomic E-state index is -0.00384. The first-order chi connectivity index (χ1) is 10.1. The van der Waals surface area contributed by atoms with Crippen LogP contribution < -0.4 is 10.1 Å². The molecular formula is C17H24N2O2. The minimum absolute atomic E-state index is 0.00384. The van der Waals surface area contributed by atoms with Gasteiger partial charge in [0, 0.05) is 6.04 Å². The molecule has 1 saturated carbocycles. The van der Waals surface area contributed by atoms with Crippen molar-refractivity contribution in [2.45, 2.75) is 45.3 Å². The molecule has 2 fully saturated rings. The quantitative estimate of drug-likeness (QED) is 0.905. The fourth-order valence-corrected chi connectivity index (χ4v) is 3.32. The predicted molar refractivity (Wildman–Crippen MR) is 82.1 cm³/mol. The lowest BCUT2D eigenvalue weighted by molar-refractivity contribution is -0.130. The molecule has 2 unspecified atom stereocenters. The van der Waals surface area contributed by atoms with E-state index >= 15 is 0 Å². The summed E-state index contributed by atoms with van der Waals surface area (Å²) < 4.78 is 5.32. The van der Waals surface area contributed by atoms with Gasteiger partial charge in [0.05, 0.1) is 13.7 Å². The highest BCUT2D eigenvalue weighted by Gasteiger charge is 2.37. The smallest absolute Gasteiger partial charge is 0.238 e. The van der Waals surface area contributed by atoms with Crippen molar-refractivity contribution in [2.75, 3.05) is 13.7 Å². The molecule has 3 rings (SSSR count). The van der Waals surface area contributed by atoms with Crippen molar-refractivity contribution in [3.8, 4) is 5.75 Å². The molecule has 1 N–H and O–H groups in total. The summed E-state index contributed by atoms with van der Waals surface area (Å²) in [7, 11) is 1.68. The second kappa shape index (κ2) is 5.68. The molecule has 0 aromatic heterocycles. The van der Waals surface area contributed by atoms with Crippen LogP contribution in [0.5, 0.6) is 5.75 Å². The van der Waals surface area contributed by atoms with E-state index < -0.39 is 0 Å². The Balaban J connectivity index is 1.81. The number of nitrogens with zero attached hydrogens (tertiary/aromatic N) is 1. The second-order valence-electron chi connectivity index (χ2n) is 6.34. The van der Waals surface area contributed by atoms with Gasteiger partial charge in [0.15, 0.2) is 0 Å². The molecule has 1 aromatic rings. The van der Waals surface area contributed by atoms with Crippen LogP contribution in [0.25, 0.3) is 0 Å². The second-order valence-corrected chi connectivity index (χ2v) is 6.34. The lowest BCUT2D eigenvalue weighted by Gasteiger charge is -2.31. The Hall–Kier alpha value is -1.55. The van der Waals surface area contributed by atoms with Crippen molar-refractivity contribution in [3.63, 3.8) is 0 Å². The number of ether oxygens (including phenoxy) is 1. The number of amides is 1. The molecule has 2 atom stereocenters. The predicted octanol–water partition coefficient (Wildman–Crippen LogP) is 2.62. The summed E-state index contributed by atoms with van der Waals surface area (Å²) in [5, 5.41) is 3.35. The normalized spacial score (nSPS) is 23.5. The number of hydrogen-bond acceptors (Lipinski definition) is 3. The molecule has 1 saturated heterocycles. The van der Waals surface area contributed by atoms with Crippen LogP contribution in [0, 0.1) is 12.8 Å². The van der Waals surface area contributed by atoms with Gasteiger partial charge in [0.25, 0.3) is 0 Å². The molecule has 4 nitrogen and oxygen atoms in total. The number of benzene rings is 1. The van der Waals surface area contributed by atoms with Gasteiger partial charge in [-0.15, -0.1) is 0 Å². The number of aryl methyl sites for hydroxylation is 1. The Bertz CT molecular complexity index is 540. The van der Waals surface area contributed by atoms with Gasteiger partial charge in [-0.25, -0.2) is 0 Å². The minimum Gasteiger partial charge on any atom is -0.496 e. The Kier molecular flexibility index (Phi) is 3.89. The third kappa shape index (κ3) is 2.91. The first-order valence-electron chi connectivity index (χ1n) is 7.79. The van der Waals surface area contributed by atoms with Crippen LogP contribution in [0.3, 0.4) is 0 Å². The number of nitrogens with one attached hydrogen (secondary N) is 1. The van der Waals surface area contributed by atoms with Gasteiger partial charge in [-0.3, -0.25) is 10.1 Å². The van der Waals surface area contributed by atoms with E-state index in [1.807, 2.05) is 17.9 Å². The van der Waals surface area contributed by atoms with Crippen LogP contribution in [-0.2, 0) is 4.79 Å². The Labute approximate surface area is 126 Å². The molecule has 4 heteroatoms. The van der Waals surface area contributed by atoms with Gasteiger partial charge in [0.1, 0.15) is 11.9 Å². The Morgan fingerprint density at radius 1 is 1.43 bits per heavy atom. The summed E-state index contributed by atoms with van der Waals surface area (Å²) in [6, 6.07) is 6.46. The van der Waals surface area contributed by atoms with Gasteiger partial charge in [-0.05, 0) is 49.4 Å². The number of rotatable bonds is 5. The van der Waals surface area contributed by atoms with Crippen LogP contribution in [0.1, 0.15) is 43.5 Å². The van der Waals surface area contributed by atoms with E-state index in [4.69, 9.17) is 4.74 Å². The zero-order chi connectivity index (χ0) is 15.0. The summed E-state index contributed by atoms with van der Waals surface area (Å²) in [5.41, 5.74) is 2.24. The molecule has 21 heavy (non-hydrogen) atoms. The zero-order valence-electron chi connectivity index (χ0n) is 13.1. The van der Waals surface area contributed by atoms with Crippen LogP contribution >= 0.6 is 0 Å². The van der Waals surface area contributed by atoms with E-state index in [1.54, 1.807) is 7.11 Å². The third-order valence-electron chi connectivity index (χ3n) is 4.59. The molecule has 1 aromatic carbocycles. The molecule has 1 amide bonds. The third-order valence-corrected chi connectivity index (χ3v) is 4.59. The van der Waals surface area contributed by atoms with Crippen molar-refractivity contribution in [1.29, 1.82) is 0 Å². The fourth-order valence-electron chi connectivity index (χ4n) is 3.32. The molecule has 0 radical (unpaired) electrons. The largest absolute Gasteiger partial charge is 0.496 e. The molecule has 114 valence electrons. The van der Waals surface area contributed by atoms with Crippen molar-refractivity contribution in [1.82, 2.24) is 10.2 Å². The van der Waals surface area contributed by atoms with E-state index in [0.717, 1.165) is 29.2 Å². The Morgan fingerprint density at radius 2 is 2.19 bits per heavy atom. The van der Waals surface area contributed by atoms with Crippen LogP contribution in [0.4, 0.5) is 0 Å². The van der Waals surface area contributed by atoms with Gasteiger partial charge in [-0.1, -0.05) is 18.9 Å². The number of carbonyl (C=O) groups excluding carboxylic acids is 1. The molecule has 0 bridgehead atoms. The average molecular weight is 288 g/mol. The molecule has 2 aliphatic rings. The first kappa shape index (κ1) is 14.4. The van der Waals surface area contributed by atoms with Gasteiger partial charge in [0.2, 0.25) is 5.91 Å². The maximum Gasteiger partial charge on any atom is 0.238 e. The summed E-state index contributed by atoms with van der Waals surface area (Å²) in [4.78, 5) is 14.3. The maximum absolute atomic E-state index is 12.2. The molecule has 1 aliphatic heterocycles.